The van der Waals surface area contributed by atoms with Gasteiger partial charge in [-0.05, 0) is 25.0 Å². The Hall–Kier alpha value is -2.01. The van der Waals surface area contributed by atoms with Gasteiger partial charge in [0.15, 0.2) is 11.5 Å². The number of piperidine rings is 1. The van der Waals surface area contributed by atoms with Crippen LogP contribution in [-0.4, -0.2) is 34.2 Å². The summed E-state index contributed by atoms with van der Waals surface area (Å²) in [7, 11) is 0. The van der Waals surface area contributed by atoms with Crippen LogP contribution in [0.15, 0.2) is 24.8 Å². The number of carbonyl (C=O) groups is 1. The summed E-state index contributed by atoms with van der Waals surface area (Å²) >= 11 is 0. The van der Waals surface area contributed by atoms with Crippen molar-refractivity contribution in [1.29, 1.82) is 0 Å². The number of phenols is 2. The minimum Gasteiger partial charge on any atom is -0.504 e. The van der Waals surface area contributed by atoms with E-state index in [0.717, 1.165) is 32.4 Å². The molecule has 0 radical (unpaired) electrons. The van der Waals surface area contributed by atoms with Crippen molar-refractivity contribution in [3.05, 3.63) is 35.9 Å². The molecule has 1 fully saturated rings. The van der Waals surface area contributed by atoms with Gasteiger partial charge in [-0.15, -0.1) is 6.58 Å². The fourth-order valence-corrected chi connectivity index (χ4v) is 3.35. The first-order valence-corrected chi connectivity index (χ1v) is 7.25. The molecule has 112 valence electrons. The van der Waals surface area contributed by atoms with Crippen LogP contribution in [0.1, 0.15) is 41.6 Å². The largest absolute Gasteiger partial charge is 0.504 e. The SMILES string of the molecule is C=CCC1(N2CCCCC2)OC(=O)c2ccc(O)c(O)c21. The van der Waals surface area contributed by atoms with Crippen molar-refractivity contribution in [3.63, 3.8) is 0 Å². The molecule has 0 amide bonds. The lowest BCUT2D eigenvalue weighted by atomic mass is 9.92. The molecule has 2 heterocycles. The Bertz CT molecular complexity index is 592. The van der Waals surface area contributed by atoms with Crippen molar-refractivity contribution >= 4 is 5.97 Å². The van der Waals surface area contributed by atoms with Crippen LogP contribution in [0.4, 0.5) is 0 Å². The van der Waals surface area contributed by atoms with Crippen molar-refractivity contribution in [3.8, 4) is 11.5 Å². The molecule has 0 spiro atoms. The van der Waals surface area contributed by atoms with E-state index in [9.17, 15) is 15.0 Å². The standard InChI is InChI=1S/C16H19NO4/c1-2-8-16(17-9-4-3-5-10-17)13-11(15(20)21-16)6-7-12(18)14(13)19/h2,6-7,18-19H,1,3-5,8-10H2. The molecule has 0 aromatic heterocycles. The van der Waals surface area contributed by atoms with Gasteiger partial charge in [0, 0.05) is 19.5 Å². The van der Waals surface area contributed by atoms with Gasteiger partial charge < -0.3 is 14.9 Å². The summed E-state index contributed by atoms with van der Waals surface area (Å²) in [4.78, 5) is 14.3. The third-order valence-electron chi connectivity index (χ3n) is 4.32. The van der Waals surface area contributed by atoms with Crippen molar-refractivity contribution in [1.82, 2.24) is 4.90 Å². The zero-order valence-corrected chi connectivity index (χ0v) is 11.8. The molecule has 1 aromatic rings. The molecule has 0 bridgehead atoms. The third kappa shape index (κ3) is 2.00. The van der Waals surface area contributed by atoms with Gasteiger partial charge in [0.1, 0.15) is 0 Å². The molecular formula is C16H19NO4. The highest BCUT2D eigenvalue weighted by molar-refractivity contribution is 5.96. The molecule has 5 nitrogen and oxygen atoms in total. The molecule has 3 rings (SSSR count). The Morgan fingerprint density at radius 2 is 2.00 bits per heavy atom. The zero-order valence-electron chi connectivity index (χ0n) is 11.8. The summed E-state index contributed by atoms with van der Waals surface area (Å²) in [6.45, 7) is 5.33. The Morgan fingerprint density at radius 1 is 1.29 bits per heavy atom. The Morgan fingerprint density at radius 3 is 2.67 bits per heavy atom. The Kier molecular flexibility index (Phi) is 3.37. The fourth-order valence-electron chi connectivity index (χ4n) is 3.35. The first kappa shape index (κ1) is 13.9. The van der Waals surface area contributed by atoms with Crippen LogP contribution in [-0.2, 0) is 10.5 Å². The number of likely N-dealkylation sites (tertiary alicyclic amines) is 1. The molecule has 5 heteroatoms. The van der Waals surface area contributed by atoms with E-state index in [2.05, 4.69) is 11.5 Å². The van der Waals surface area contributed by atoms with Crippen molar-refractivity contribution in [2.75, 3.05) is 13.1 Å². The predicted molar refractivity (Wildman–Crippen MR) is 77.1 cm³/mol. The van der Waals surface area contributed by atoms with E-state index >= 15 is 0 Å². The highest BCUT2D eigenvalue weighted by Crippen LogP contribution is 2.49. The van der Waals surface area contributed by atoms with Gasteiger partial charge in [0.05, 0.1) is 11.1 Å². The van der Waals surface area contributed by atoms with E-state index in [1.807, 2.05) is 0 Å². The normalized spacial score (nSPS) is 25.4. The quantitative estimate of drug-likeness (QED) is 0.508. The van der Waals surface area contributed by atoms with Crippen LogP contribution >= 0.6 is 0 Å². The maximum atomic E-state index is 12.2. The first-order valence-electron chi connectivity index (χ1n) is 7.25. The summed E-state index contributed by atoms with van der Waals surface area (Å²) in [5.41, 5.74) is -0.357. The van der Waals surface area contributed by atoms with Crippen LogP contribution in [0, 0.1) is 0 Å². The van der Waals surface area contributed by atoms with E-state index in [1.54, 1.807) is 6.08 Å². The zero-order chi connectivity index (χ0) is 15.0. The van der Waals surface area contributed by atoms with Gasteiger partial charge in [-0.3, -0.25) is 4.90 Å². The number of esters is 1. The summed E-state index contributed by atoms with van der Waals surface area (Å²) in [5, 5.41) is 20.1. The van der Waals surface area contributed by atoms with Gasteiger partial charge >= 0.3 is 5.97 Å². The molecule has 1 atom stereocenters. The summed E-state index contributed by atoms with van der Waals surface area (Å²) < 4.78 is 5.68. The summed E-state index contributed by atoms with van der Waals surface area (Å²) in [6, 6.07) is 2.82. The van der Waals surface area contributed by atoms with Crippen molar-refractivity contribution < 1.29 is 19.7 Å². The van der Waals surface area contributed by atoms with Gasteiger partial charge in [-0.25, -0.2) is 4.79 Å². The molecule has 0 saturated carbocycles. The lowest BCUT2D eigenvalue weighted by Crippen LogP contribution is -2.48. The fraction of sp³-hybridized carbons (Fsp3) is 0.438. The lowest BCUT2D eigenvalue weighted by molar-refractivity contribution is -0.121. The number of fused-ring (bicyclic) bond motifs is 1. The molecule has 1 saturated heterocycles. The number of rotatable bonds is 3. The van der Waals surface area contributed by atoms with Crippen molar-refractivity contribution in [2.45, 2.75) is 31.4 Å². The smallest absolute Gasteiger partial charge is 0.340 e. The van der Waals surface area contributed by atoms with E-state index in [-0.39, 0.29) is 11.5 Å². The number of aromatic hydroxyl groups is 2. The molecule has 2 aliphatic rings. The number of cyclic esters (lactones) is 1. The van der Waals surface area contributed by atoms with Gasteiger partial charge in [0.25, 0.3) is 0 Å². The van der Waals surface area contributed by atoms with Crippen LogP contribution in [0.2, 0.25) is 0 Å². The predicted octanol–water partition coefficient (Wildman–Crippen LogP) is 2.48. The van der Waals surface area contributed by atoms with Crippen LogP contribution in [0.25, 0.3) is 0 Å². The number of phenolic OH excluding ortho intramolecular Hbond substituents is 2. The maximum absolute atomic E-state index is 12.2. The Balaban J connectivity index is 2.17. The van der Waals surface area contributed by atoms with Crippen LogP contribution in [0.3, 0.4) is 0 Å². The highest BCUT2D eigenvalue weighted by atomic mass is 16.6. The van der Waals surface area contributed by atoms with Gasteiger partial charge in [-0.1, -0.05) is 12.5 Å². The second kappa shape index (κ2) is 5.07. The van der Waals surface area contributed by atoms with Crippen molar-refractivity contribution in [2.24, 2.45) is 0 Å². The molecule has 1 aromatic carbocycles. The van der Waals surface area contributed by atoms with Gasteiger partial charge in [0.2, 0.25) is 5.72 Å². The van der Waals surface area contributed by atoms with Crippen LogP contribution < -0.4 is 0 Å². The lowest BCUT2D eigenvalue weighted by Gasteiger charge is -2.41. The van der Waals surface area contributed by atoms with E-state index < -0.39 is 11.7 Å². The van der Waals surface area contributed by atoms with E-state index in [0.29, 0.717) is 17.5 Å². The second-order valence-corrected chi connectivity index (χ2v) is 5.57. The molecule has 21 heavy (non-hydrogen) atoms. The number of nitrogens with zero attached hydrogens (tertiary/aromatic N) is 1. The monoisotopic (exact) mass is 289 g/mol. The maximum Gasteiger partial charge on any atom is 0.340 e. The summed E-state index contributed by atoms with van der Waals surface area (Å²) in [6.07, 6.45) is 5.24. The second-order valence-electron chi connectivity index (χ2n) is 5.57. The first-order chi connectivity index (χ1) is 10.1. The molecule has 1 unspecified atom stereocenters. The number of carbonyl (C=O) groups excluding carboxylic acids is 1. The third-order valence-corrected chi connectivity index (χ3v) is 4.32. The topological polar surface area (TPSA) is 70.0 Å². The highest BCUT2D eigenvalue weighted by Gasteiger charge is 2.51. The molecule has 2 aliphatic heterocycles. The minimum atomic E-state index is -1.04. The number of ether oxygens (including phenoxy) is 1. The van der Waals surface area contributed by atoms with E-state index in [4.69, 9.17) is 4.74 Å². The number of benzene rings is 1. The molecular weight excluding hydrogens is 270 g/mol. The van der Waals surface area contributed by atoms with E-state index in [1.165, 1.54) is 12.1 Å². The number of hydrogen-bond donors (Lipinski definition) is 2. The minimum absolute atomic E-state index is 0.238. The molecule has 2 N–H and O–H groups in total. The Labute approximate surface area is 123 Å². The average Bonchev–Trinajstić information content (AvgIpc) is 2.78. The average molecular weight is 289 g/mol. The van der Waals surface area contributed by atoms with Crippen LogP contribution in [0.5, 0.6) is 11.5 Å². The van der Waals surface area contributed by atoms with Gasteiger partial charge in [-0.2, -0.15) is 0 Å². The number of hydrogen-bond acceptors (Lipinski definition) is 5. The molecule has 0 aliphatic carbocycles. The summed E-state index contributed by atoms with van der Waals surface area (Å²) in [5.74, 6) is -0.976.